The van der Waals surface area contributed by atoms with Crippen molar-refractivity contribution >= 4 is 0 Å². The summed E-state index contributed by atoms with van der Waals surface area (Å²) in [6, 6.07) is 8.98. The van der Waals surface area contributed by atoms with Gasteiger partial charge >= 0.3 is 0 Å². The van der Waals surface area contributed by atoms with Crippen LogP contribution in [0.25, 0.3) is 0 Å². The van der Waals surface area contributed by atoms with Crippen molar-refractivity contribution < 1.29 is 0 Å². The van der Waals surface area contributed by atoms with Gasteiger partial charge in [-0.3, -0.25) is 0 Å². The Kier molecular flexibility index (Phi) is 8.50. The molecule has 0 aromatic heterocycles. The molecule has 28 heavy (non-hydrogen) atoms. The molecule has 0 saturated heterocycles. The zero-order chi connectivity index (χ0) is 21.4. The molecule has 1 aromatic carbocycles. The van der Waals surface area contributed by atoms with E-state index < -0.39 is 0 Å². The minimum absolute atomic E-state index is 0.139. The van der Waals surface area contributed by atoms with Crippen LogP contribution in [0.3, 0.4) is 0 Å². The lowest BCUT2D eigenvalue weighted by atomic mass is 9.84. The molecule has 0 fully saturated rings. The highest BCUT2D eigenvalue weighted by molar-refractivity contribution is 5.39. The first-order valence-electron chi connectivity index (χ1n) is 9.95. The molecule has 0 heterocycles. The molecule has 0 unspecified atom stereocenters. The summed E-state index contributed by atoms with van der Waals surface area (Å²) in [6.07, 6.45) is 16.1. The summed E-state index contributed by atoms with van der Waals surface area (Å²) in [5.41, 5.74) is 4.60. The van der Waals surface area contributed by atoms with Gasteiger partial charge in [0.05, 0.1) is 5.54 Å². The molecule has 0 aliphatic carbocycles. The fraction of sp³-hybridized carbons (Fsp3) is 0.333. The van der Waals surface area contributed by atoms with Gasteiger partial charge in [0.25, 0.3) is 0 Å². The number of allylic oxidation sites excluding steroid dienone is 8. The van der Waals surface area contributed by atoms with Crippen molar-refractivity contribution in [3.05, 3.63) is 109 Å². The third kappa shape index (κ3) is 5.73. The van der Waals surface area contributed by atoms with Gasteiger partial charge in [-0.1, -0.05) is 82.5 Å². The van der Waals surface area contributed by atoms with Crippen LogP contribution in [0.15, 0.2) is 97.4 Å². The SMILES string of the molecule is C=C/C=C(\C=C/C)N(C(/C=C\C)=C/C=C)C(C)(C)c1ccc(C(C)(C)C)cc1. The minimum atomic E-state index is -0.279. The first kappa shape index (κ1) is 23.5. The summed E-state index contributed by atoms with van der Waals surface area (Å²) in [4.78, 5) is 2.34. The van der Waals surface area contributed by atoms with Gasteiger partial charge in [0.15, 0.2) is 0 Å². The van der Waals surface area contributed by atoms with Crippen LogP contribution in [0.5, 0.6) is 0 Å². The van der Waals surface area contributed by atoms with Gasteiger partial charge in [0.1, 0.15) is 0 Å². The van der Waals surface area contributed by atoms with Gasteiger partial charge in [0.2, 0.25) is 0 Å². The molecule has 1 aromatic rings. The van der Waals surface area contributed by atoms with Crippen LogP contribution in [-0.2, 0) is 11.0 Å². The van der Waals surface area contributed by atoms with E-state index in [1.54, 1.807) is 0 Å². The molecule has 0 atom stereocenters. The molecule has 1 nitrogen and oxygen atoms in total. The number of hydrogen-bond acceptors (Lipinski definition) is 1. The lowest BCUT2D eigenvalue weighted by Gasteiger charge is -2.42. The summed E-state index contributed by atoms with van der Waals surface area (Å²) in [5, 5.41) is 0. The first-order chi connectivity index (χ1) is 13.1. The highest BCUT2D eigenvalue weighted by atomic mass is 15.2. The van der Waals surface area contributed by atoms with E-state index in [0.717, 1.165) is 11.4 Å². The van der Waals surface area contributed by atoms with Gasteiger partial charge in [0, 0.05) is 11.4 Å². The zero-order valence-electron chi connectivity index (χ0n) is 18.8. The first-order valence-corrected chi connectivity index (χ1v) is 9.95. The van der Waals surface area contributed by atoms with E-state index in [0.29, 0.717) is 0 Å². The summed E-state index contributed by atoms with van der Waals surface area (Å²) in [6.45, 7) is 23.1. The molecule has 0 radical (unpaired) electrons. The minimum Gasteiger partial charge on any atom is -0.332 e. The van der Waals surface area contributed by atoms with E-state index in [2.05, 4.69) is 101 Å². The lowest BCUT2D eigenvalue weighted by Crippen LogP contribution is -2.39. The average molecular weight is 376 g/mol. The van der Waals surface area contributed by atoms with Crippen LogP contribution in [0.2, 0.25) is 0 Å². The molecule has 0 aliphatic heterocycles. The molecule has 0 saturated carbocycles. The van der Waals surface area contributed by atoms with Crippen molar-refractivity contribution in [1.29, 1.82) is 0 Å². The van der Waals surface area contributed by atoms with E-state index in [-0.39, 0.29) is 11.0 Å². The van der Waals surface area contributed by atoms with Gasteiger partial charge < -0.3 is 4.90 Å². The maximum atomic E-state index is 3.92. The second-order valence-electron chi connectivity index (χ2n) is 8.38. The lowest BCUT2D eigenvalue weighted by molar-refractivity contribution is 0.228. The van der Waals surface area contributed by atoms with E-state index in [4.69, 9.17) is 0 Å². The topological polar surface area (TPSA) is 3.24 Å². The highest BCUT2D eigenvalue weighted by Crippen LogP contribution is 2.37. The van der Waals surface area contributed by atoms with Crippen LogP contribution in [0, 0.1) is 0 Å². The van der Waals surface area contributed by atoms with Gasteiger partial charge in [-0.15, -0.1) is 0 Å². The predicted molar refractivity (Wildman–Crippen MR) is 126 cm³/mol. The van der Waals surface area contributed by atoms with E-state index >= 15 is 0 Å². The molecule has 0 bridgehead atoms. The molecular weight excluding hydrogens is 338 g/mol. The maximum absolute atomic E-state index is 3.92. The predicted octanol–water partition coefficient (Wildman–Crippen LogP) is 7.81. The van der Waals surface area contributed by atoms with Crippen molar-refractivity contribution in [3.8, 4) is 0 Å². The van der Waals surface area contributed by atoms with Crippen molar-refractivity contribution in [2.75, 3.05) is 0 Å². The molecule has 0 N–H and O–H groups in total. The fourth-order valence-corrected chi connectivity index (χ4v) is 3.29. The summed E-state index contributed by atoms with van der Waals surface area (Å²) < 4.78 is 0. The monoisotopic (exact) mass is 375 g/mol. The third-order valence-corrected chi connectivity index (χ3v) is 4.78. The van der Waals surface area contributed by atoms with Crippen LogP contribution >= 0.6 is 0 Å². The van der Waals surface area contributed by atoms with Crippen molar-refractivity contribution in [1.82, 2.24) is 4.90 Å². The number of hydrogen-bond donors (Lipinski definition) is 0. The van der Waals surface area contributed by atoms with E-state index in [9.17, 15) is 0 Å². The van der Waals surface area contributed by atoms with Crippen LogP contribution in [0.1, 0.15) is 59.6 Å². The molecule has 1 rings (SSSR count). The number of benzene rings is 1. The molecule has 0 spiro atoms. The molecular formula is C27H37N. The maximum Gasteiger partial charge on any atom is 0.0646 e. The zero-order valence-corrected chi connectivity index (χ0v) is 18.8. The molecule has 0 amide bonds. The Balaban J connectivity index is 3.65. The van der Waals surface area contributed by atoms with Crippen LogP contribution in [-0.4, -0.2) is 4.90 Å². The number of nitrogens with zero attached hydrogens (tertiary/aromatic N) is 1. The van der Waals surface area contributed by atoms with E-state index in [1.807, 2.05) is 38.2 Å². The average Bonchev–Trinajstić information content (AvgIpc) is 2.62. The van der Waals surface area contributed by atoms with Gasteiger partial charge in [-0.05, 0) is 68.5 Å². The Morgan fingerprint density at radius 3 is 1.46 bits per heavy atom. The summed E-state index contributed by atoms with van der Waals surface area (Å²) in [7, 11) is 0. The molecule has 150 valence electrons. The normalized spacial score (nSPS) is 14.0. The van der Waals surface area contributed by atoms with Crippen LogP contribution < -0.4 is 0 Å². The highest BCUT2D eigenvalue weighted by Gasteiger charge is 2.31. The van der Waals surface area contributed by atoms with Crippen molar-refractivity contribution in [2.45, 2.75) is 59.4 Å². The number of rotatable bonds is 8. The largest absolute Gasteiger partial charge is 0.332 e. The standard InChI is InChI=1S/C27H37N/c1-10-14-24(15-11-2)28(25(16-12-3)17-13-4)27(8,9)23-20-18-22(19-21-23)26(5,6)7/h10-21H,1,3H2,2,4-9H3/b15-11-,17-13-,24-14+,25-16+. The Morgan fingerprint density at radius 2 is 1.14 bits per heavy atom. The fourth-order valence-electron chi connectivity index (χ4n) is 3.29. The molecule has 0 aliphatic rings. The van der Waals surface area contributed by atoms with Crippen molar-refractivity contribution in [2.24, 2.45) is 0 Å². The quantitative estimate of drug-likeness (QED) is 0.419. The second kappa shape index (κ2) is 10.1. The molecule has 1 heteroatoms. The van der Waals surface area contributed by atoms with Gasteiger partial charge in [-0.2, -0.15) is 0 Å². The Morgan fingerprint density at radius 1 is 0.750 bits per heavy atom. The second-order valence-corrected chi connectivity index (χ2v) is 8.38. The smallest absolute Gasteiger partial charge is 0.0646 e. The van der Waals surface area contributed by atoms with E-state index in [1.165, 1.54) is 11.1 Å². The Labute approximate surface area is 173 Å². The summed E-state index contributed by atoms with van der Waals surface area (Å²) >= 11 is 0. The Hall–Kier alpha value is -2.54. The van der Waals surface area contributed by atoms with Crippen molar-refractivity contribution in [3.63, 3.8) is 0 Å². The summed E-state index contributed by atoms with van der Waals surface area (Å²) in [5.74, 6) is 0. The van der Waals surface area contributed by atoms with Crippen LogP contribution in [0.4, 0.5) is 0 Å². The Bertz CT molecular complexity index is 741. The van der Waals surface area contributed by atoms with Gasteiger partial charge in [-0.25, -0.2) is 0 Å². The third-order valence-electron chi connectivity index (χ3n) is 4.78.